The number of nitrogens with zero attached hydrogens (tertiary/aromatic N) is 2. The maximum atomic E-state index is 13.4. The number of H-pyrrole nitrogens is 1. The van der Waals surface area contributed by atoms with E-state index in [-0.39, 0.29) is 11.7 Å². The van der Waals surface area contributed by atoms with Gasteiger partial charge in [-0.15, -0.1) is 0 Å². The van der Waals surface area contributed by atoms with Crippen LogP contribution in [0.1, 0.15) is 28.3 Å². The van der Waals surface area contributed by atoms with Crippen LogP contribution in [-0.2, 0) is 10.3 Å². The third kappa shape index (κ3) is 2.76. The number of nitrogens with one attached hydrogen (secondary N) is 2. The summed E-state index contributed by atoms with van der Waals surface area (Å²) in [6.07, 6.45) is 4.01. The molecule has 1 aromatic carbocycles. The predicted octanol–water partition coefficient (Wildman–Crippen LogP) is 2.45. The number of hydrogen-bond acceptors (Lipinski definition) is 4. The number of aromatic amines is 1. The minimum Gasteiger partial charge on any atom is -0.378 e. The first-order valence-electron chi connectivity index (χ1n) is 8.04. The fourth-order valence-electron chi connectivity index (χ4n) is 3.19. The first-order chi connectivity index (χ1) is 12.1. The molecule has 0 spiro atoms. The topological polar surface area (TPSA) is 79.9 Å². The van der Waals surface area contributed by atoms with Gasteiger partial charge < -0.3 is 15.0 Å². The lowest BCUT2D eigenvalue weighted by molar-refractivity contribution is 0.0868. The Balaban J connectivity index is 1.70. The van der Waals surface area contributed by atoms with Crippen molar-refractivity contribution in [1.82, 2.24) is 20.3 Å². The van der Waals surface area contributed by atoms with E-state index in [0.717, 1.165) is 0 Å². The van der Waals surface area contributed by atoms with Crippen LogP contribution in [0.2, 0.25) is 0 Å². The van der Waals surface area contributed by atoms with E-state index in [2.05, 4.69) is 20.3 Å². The van der Waals surface area contributed by atoms with Crippen LogP contribution >= 0.6 is 0 Å². The molecular formula is C18H17FN4O2. The van der Waals surface area contributed by atoms with Gasteiger partial charge in [-0.05, 0) is 25.1 Å². The summed E-state index contributed by atoms with van der Waals surface area (Å²) in [6, 6.07) is 6.07. The predicted molar refractivity (Wildman–Crippen MR) is 89.6 cm³/mol. The first-order valence-corrected chi connectivity index (χ1v) is 8.04. The lowest BCUT2D eigenvalue weighted by atomic mass is 9.96. The average molecular weight is 340 g/mol. The second-order valence-corrected chi connectivity index (χ2v) is 6.23. The molecule has 4 rings (SSSR count). The van der Waals surface area contributed by atoms with Gasteiger partial charge in [0.25, 0.3) is 5.91 Å². The molecule has 1 aliphatic rings. The number of aryl methyl sites for hydroxylation is 1. The van der Waals surface area contributed by atoms with Crippen molar-refractivity contribution >= 4 is 16.8 Å². The number of imidazole rings is 1. The van der Waals surface area contributed by atoms with E-state index in [1.807, 2.05) is 0 Å². The van der Waals surface area contributed by atoms with Gasteiger partial charge in [-0.1, -0.05) is 0 Å². The van der Waals surface area contributed by atoms with Gasteiger partial charge in [0, 0.05) is 36.9 Å². The van der Waals surface area contributed by atoms with E-state index in [1.165, 1.54) is 12.1 Å². The van der Waals surface area contributed by atoms with Crippen LogP contribution in [0.3, 0.4) is 0 Å². The third-order valence-corrected chi connectivity index (χ3v) is 4.54. The zero-order valence-corrected chi connectivity index (χ0v) is 13.7. The number of aromatic nitrogens is 3. The molecule has 3 aromatic rings. The Hall–Kier alpha value is -2.80. The molecular weight excluding hydrogens is 323 g/mol. The Morgan fingerprint density at radius 1 is 1.40 bits per heavy atom. The quantitative estimate of drug-likeness (QED) is 0.767. The molecule has 1 atom stereocenters. The molecule has 6 nitrogen and oxygen atoms in total. The standard InChI is InChI=1S/C18H17FN4O2/c1-11-14(8-12-2-3-13(19)9-15(12)22-11)16(24)23-18(4-7-25-10-18)17-20-5-6-21-17/h2-3,5-6,8-9H,4,7,10H2,1H3,(H,20,21)(H,23,24). The van der Waals surface area contributed by atoms with Crippen LogP contribution in [0.25, 0.3) is 10.9 Å². The van der Waals surface area contributed by atoms with Gasteiger partial charge >= 0.3 is 0 Å². The summed E-state index contributed by atoms with van der Waals surface area (Å²) >= 11 is 0. The van der Waals surface area contributed by atoms with Crippen molar-refractivity contribution in [2.24, 2.45) is 0 Å². The number of benzene rings is 1. The van der Waals surface area contributed by atoms with Gasteiger partial charge in [0.15, 0.2) is 0 Å². The molecule has 128 valence electrons. The molecule has 2 N–H and O–H groups in total. The zero-order valence-electron chi connectivity index (χ0n) is 13.7. The lowest BCUT2D eigenvalue weighted by Gasteiger charge is -2.27. The second-order valence-electron chi connectivity index (χ2n) is 6.23. The Bertz CT molecular complexity index is 934. The number of halogens is 1. The van der Waals surface area contributed by atoms with Crippen molar-refractivity contribution < 1.29 is 13.9 Å². The minimum absolute atomic E-state index is 0.252. The van der Waals surface area contributed by atoms with E-state index in [9.17, 15) is 9.18 Å². The molecule has 0 saturated carbocycles. The number of pyridine rings is 1. The molecule has 1 saturated heterocycles. The zero-order chi connectivity index (χ0) is 17.4. The van der Waals surface area contributed by atoms with E-state index < -0.39 is 5.54 Å². The van der Waals surface area contributed by atoms with Gasteiger partial charge in [-0.3, -0.25) is 9.78 Å². The molecule has 7 heteroatoms. The van der Waals surface area contributed by atoms with E-state index in [0.29, 0.717) is 47.6 Å². The van der Waals surface area contributed by atoms with Crippen molar-refractivity contribution in [2.45, 2.75) is 18.9 Å². The monoisotopic (exact) mass is 340 g/mol. The molecule has 1 aliphatic heterocycles. The summed E-state index contributed by atoms with van der Waals surface area (Å²) in [7, 11) is 0. The largest absolute Gasteiger partial charge is 0.378 e. The average Bonchev–Trinajstić information content (AvgIpc) is 3.26. The molecule has 25 heavy (non-hydrogen) atoms. The van der Waals surface area contributed by atoms with Crippen LogP contribution in [0, 0.1) is 12.7 Å². The number of fused-ring (bicyclic) bond motifs is 1. The van der Waals surface area contributed by atoms with Gasteiger partial charge in [0.1, 0.15) is 17.2 Å². The van der Waals surface area contributed by atoms with Gasteiger partial charge in [0.2, 0.25) is 0 Å². The summed E-state index contributed by atoms with van der Waals surface area (Å²) in [5.74, 6) is 0.0708. The highest BCUT2D eigenvalue weighted by Gasteiger charge is 2.41. The number of hydrogen-bond donors (Lipinski definition) is 2. The molecule has 0 radical (unpaired) electrons. The summed E-state index contributed by atoms with van der Waals surface area (Å²) in [5.41, 5.74) is 0.852. The Morgan fingerprint density at radius 2 is 2.28 bits per heavy atom. The molecule has 2 aromatic heterocycles. The fraction of sp³-hybridized carbons (Fsp3) is 0.278. The summed E-state index contributed by atoms with van der Waals surface area (Å²) in [5, 5.41) is 3.77. The highest BCUT2D eigenvalue weighted by atomic mass is 19.1. The van der Waals surface area contributed by atoms with Gasteiger partial charge in [0.05, 0.1) is 23.4 Å². The fourth-order valence-corrected chi connectivity index (χ4v) is 3.19. The summed E-state index contributed by atoms with van der Waals surface area (Å²) in [6.45, 7) is 2.65. The van der Waals surface area contributed by atoms with Crippen LogP contribution in [0.15, 0.2) is 36.7 Å². The van der Waals surface area contributed by atoms with Crippen LogP contribution in [-0.4, -0.2) is 34.1 Å². The van der Waals surface area contributed by atoms with Crippen molar-refractivity contribution in [1.29, 1.82) is 0 Å². The number of rotatable bonds is 3. The van der Waals surface area contributed by atoms with E-state index in [4.69, 9.17) is 4.74 Å². The maximum Gasteiger partial charge on any atom is 0.254 e. The van der Waals surface area contributed by atoms with Crippen LogP contribution < -0.4 is 5.32 Å². The normalized spacial score (nSPS) is 20.1. The van der Waals surface area contributed by atoms with Crippen molar-refractivity contribution in [2.75, 3.05) is 13.2 Å². The maximum absolute atomic E-state index is 13.4. The molecule has 0 aliphatic carbocycles. The Labute approximate surface area is 143 Å². The third-order valence-electron chi connectivity index (χ3n) is 4.54. The summed E-state index contributed by atoms with van der Waals surface area (Å²) in [4.78, 5) is 24.6. The van der Waals surface area contributed by atoms with Crippen LogP contribution in [0.5, 0.6) is 0 Å². The number of carbonyl (C=O) groups excluding carboxylic acids is 1. The number of carbonyl (C=O) groups is 1. The first kappa shape index (κ1) is 15.7. The number of ether oxygens (including phenoxy) is 1. The van der Waals surface area contributed by atoms with Crippen molar-refractivity contribution in [3.63, 3.8) is 0 Å². The van der Waals surface area contributed by atoms with Crippen LogP contribution in [0.4, 0.5) is 4.39 Å². The second kappa shape index (κ2) is 5.93. The van der Waals surface area contributed by atoms with Gasteiger partial charge in [-0.25, -0.2) is 9.37 Å². The highest BCUT2D eigenvalue weighted by molar-refractivity contribution is 5.99. The van der Waals surface area contributed by atoms with E-state index in [1.54, 1.807) is 31.5 Å². The highest BCUT2D eigenvalue weighted by Crippen LogP contribution is 2.29. The van der Waals surface area contributed by atoms with Gasteiger partial charge in [-0.2, -0.15) is 0 Å². The Kier molecular flexibility index (Phi) is 3.73. The molecule has 0 bridgehead atoms. The van der Waals surface area contributed by atoms with E-state index >= 15 is 0 Å². The molecule has 1 unspecified atom stereocenters. The molecule has 1 amide bonds. The molecule has 3 heterocycles. The lowest BCUT2D eigenvalue weighted by Crippen LogP contribution is -2.47. The molecule has 1 fully saturated rings. The van der Waals surface area contributed by atoms with Crippen molar-refractivity contribution in [3.05, 3.63) is 59.6 Å². The number of amides is 1. The SMILES string of the molecule is Cc1nc2cc(F)ccc2cc1C(=O)NC1(c2ncc[nH]2)CCOC1. The Morgan fingerprint density at radius 3 is 3.00 bits per heavy atom. The van der Waals surface area contributed by atoms with Crippen molar-refractivity contribution in [3.8, 4) is 0 Å². The summed E-state index contributed by atoms with van der Waals surface area (Å²) < 4.78 is 18.9. The smallest absolute Gasteiger partial charge is 0.254 e. The minimum atomic E-state index is -0.676.